The molecule has 3 aromatic carbocycles. The summed E-state index contributed by atoms with van der Waals surface area (Å²) in [5, 5.41) is 64.2. The van der Waals surface area contributed by atoms with Crippen LogP contribution in [-0.2, 0) is 115 Å². The number of aromatic nitrogens is 1. The van der Waals surface area contributed by atoms with Gasteiger partial charge < -0.3 is 79.6 Å². The number of primary amides is 2. The van der Waals surface area contributed by atoms with Crippen LogP contribution in [0.25, 0.3) is 10.9 Å². The molecule has 4 aromatic rings. The Morgan fingerprint density at radius 3 is 1.56 bits per heavy atom. The molecule has 2 heterocycles. The number of para-hydroxylation sites is 1. The van der Waals surface area contributed by atoms with Crippen molar-refractivity contribution >= 4 is 127 Å². The van der Waals surface area contributed by atoms with Crippen molar-refractivity contribution in [1.29, 1.82) is 0 Å². The lowest BCUT2D eigenvalue weighted by Gasteiger charge is -2.33. The number of nitrogens with one attached hydrogen (secondary N) is 18. The van der Waals surface area contributed by atoms with Gasteiger partial charge >= 0.3 is 5.97 Å². The van der Waals surface area contributed by atoms with Crippen molar-refractivity contribution in [2.24, 2.45) is 23.3 Å². The van der Waals surface area contributed by atoms with E-state index in [1.807, 2.05) is 13.8 Å². The van der Waals surface area contributed by atoms with Crippen molar-refractivity contribution in [3.8, 4) is 5.75 Å². The Kier molecular flexibility index (Phi) is 57.0. The van der Waals surface area contributed by atoms with Crippen molar-refractivity contribution in [1.82, 2.24) is 96.0 Å². The van der Waals surface area contributed by atoms with E-state index in [1.54, 1.807) is 123 Å². The predicted octanol–water partition coefficient (Wildman–Crippen LogP) is 2.07. The Hall–Kier alpha value is -11.6. The fraction of sp³-hybridized carbons (Fsp3) is 0.626. The highest BCUT2D eigenvalue weighted by molar-refractivity contribution is 6.43. The number of aliphatic hydroxyl groups excluding tert-OH is 1. The number of hydrogen-bond acceptors (Lipinski definition) is 35. The van der Waals surface area contributed by atoms with Crippen LogP contribution in [0.4, 0.5) is 0 Å². The number of fused-ring (bicyclic) bond motifs is 1. The monoisotopic (exact) mass is 2100 g/mol. The molecular formula is C107H166N20O23. The SMILES string of the molecule is CC(=O)N[C@@H](CC(C)C)C(=O)N[C@H](C(=O)C(=O)[C@H](Cc1ccccc1)NN[C@]1(C)CCCCCCCCCCC[C@@](C)(C(=O)CN[C@@H](C)C(=O)CCN[C@@H](C)C(=O)CCC(=O)[C@H](C)NCCC(=O)[C@H](C)NCCC(=O)[C@H](C)NCN[C@H](C)C(N)=O)NC(=O)[C@H](CC(C)C)NN[C@@H](CCC(N)=O)C(=O)CC(=O)[C@H](C)NCC(=O)[C@H](Cc2c[nH]c3ccccc23)NC(=O)[C@H](Cc2ccc(O)cc2)NN[C@@H](CCC(=O)O)C(=O)C1=O)[C@@H](C)O. The number of aromatic hydroxyl groups is 1. The number of hydrogen-bond donors (Lipinski definition) is 23. The molecule has 0 radical (unpaired) electrons. The molecule has 0 bridgehead atoms. The number of rotatable bonds is 55. The zero-order valence-corrected chi connectivity index (χ0v) is 89.8. The van der Waals surface area contributed by atoms with E-state index in [9.17, 15) is 87.2 Å². The van der Waals surface area contributed by atoms with Crippen LogP contribution < -0.4 is 103 Å². The lowest BCUT2D eigenvalue weighted by molar-refractivity contribution is -0.144. The van der Waals surface area contributed by atoms with Gasteiger partial charge in [-0.05, 0) is 167 Å². The summed E-state index contributed by atoms with van der Waals surface area (Å²) in [4.78, 5) is 282. The van der Waals surface area contributed by atoms with Gasteiger partial charge in [0.05, 0.1) is 103 Å². The fourth-order valence-corrected chi connectivity index (χ4v) is 17.1. The average Bonchev–Trinajstić information content (AvgIpc) is 1.67. The number of carboxylic acid groups (broad SMARTS) is 1. The number of aliphatic hydroxyl groups is 1. The lowest BCUT2D eigenvalue weighted by atomic mass is 9.85. The number of aromatic amines is 1. The highest BCUT2D eigenvalue weighted by atomic mass is 16.4. The number of H-pyrrole nitrogens is 1. The second-order valence-corrected chi connectivity index (χ2v) is 41.0. The summed E-state index contributed by atoms with van der Waals surface area (Å²) < 4.78 is 0. The first-order valence-corrected chi connectivity index (χ1v) is 52.5. The van der Waals surface area contributed by atoms with Crippen molar-refractivity contribution in [3.05, 3.63) is 102 Å². The van der Waals surface area contributed by atoms with Crippen LogP contribution in [-0.4, -0.2) is 284 Å². The number of nitrogens with two attached hydrogens (primary N) is 2. The minimum atomic E-state index is -2.04. The Balaban J connectivity index is 1.44. The van der Waals surface area contributed by atoms with E-state index in [-0.39, 0.29) is 169 Å². The normalized spacial score (nSPS) is 21.6. The maximum absolute atomic E-state index is 15.7. The number of carboxylic acids is 1. The van der Waals surface area contributed by atoms with E-state index < -0.39 is 228 Å². The van der Waals surface area contributed by atoms with Gasteiger partial charge in [0, 0.05) is 102 Å². The first-order valence-electron chi connectivity index (χ1n) is 52.5. The first-order chi connectivity index (χ1) is 70.8. The van der Waals surface area contributed by atoms with E-state index >= 15 is 24.0 Å². The Morgan fingerprint density at radius 2 is 1.01 bits per heavy atom. The van der Waals surface area contributed by atoms with Gasteiger partial charge in [-0.1, -0.05) is 146 Å². The third-order valence-corrected chi connectivity index (χ3v) is 27.1. The number of carbonyl (C=O) groups excluding carboxylic acids is 19. The number of Topliss-reactive ketones (excluding diaryl/α,β-unsaturated/α-hetero) is 13. The van der Waals surface area contributed by atoms with E-state index in [2.05, 4.69) is 96.0 Å². The molecule has 0 aliphatic carbocycles. The van der Waals surface area contributed by atoms with Crippen LogP contribution in [0.3, 0.4) is 0 Å². The zero-order chi connectivity index (χ0) is 112. The summed E-state index contributed by atoms with van der Waals surface area (Å²) in [6.45, 7) is 23.5. The van der Waals surface area contributed by atoms with E-state index in [1.165, 1.54) is 52.0 Å². The van der Waals surface area contributed by atoms with Gasteiger partial charge in [0.1, 0.15) is 41.5 Å². The van der Waals surface area contributed by atoms with Crippen LogP contribution >= 0.6 is 0 Å². The fourth-order valence-electron chi connectivity index (χ4n) is 17.1. The van der Waals surface area contributed by atoms with Crippen LogP contribution in [0.2, 0.25) is 0 Å². The summed E-state index contributed by atoms with van der Waals surface area (Å²) >= 11 is 0. The van der Waals surface area contributed by atoms with Gasteiger partial charge in [-0.25, -0.2) is 32.6 Å². The molecule has 18 atom stereocenters. The summed E-state index contributed by atoms with van der Waals surface area (Å²) in [7, 11) is 0. The second kappa shape index (κ2) is 66.3. The number of amides is 6. The summed E-state index contributed by atoms with van der Waals surface area (Å²) in [5.41, 5.74) is 26.7. The molecule has 1 aliphatic heterocycles. The number of phenolic OH excluding ortho intramolecular Hbond substituents is 1. The molecule has 43 heteroatoms. The quantitative estimate of drug-likeness (QED) is 0.0130. The molecule has 0 saturated carbocycles. The van der Waals surface area contributed by atoms with Crippen molar-refractivity contribution in [2.75, 3.05) is 39.4 Å². The number of phenols is 1. The van der Waals surface area contributed by atoms with E-state index in [0.717, 1.165) is 0 Å². The molecule has 0 unspecified atom stereocenters. The maximum Gasteiger partial charge on any atom is 0.303 e. The summed E-state index contributed by atoms with van der Waals surface area (Å²) in [6, 6.07) is 4.06. The molecule has 25 N–H and O–H groups in total. The Morgan fingerprint density at radius 1 is 0.500 bits per heavy atom. The lowest BCUT2D eigenvalue weighted by Crippen LogP contribution is -2.65. The van der Waals surface area contributed by atoms with Crippen LogP contribution in [0.5, 0.6) is 5.75 Å². The number of benzene rings is 3. The van der Waals surface area contributed by atoms with Crippen LogP contribution in [0.15, 0.2) is 85.1 Å². The molecule has 6 amide bonds. The molecule has 150 heavy (non-hydrogen) atoms. The number of ketones is 13. The van der Waals surface area contributed by atoms with Gasteiger partial charge in [-0.15, -0.1) is 0 Å². The molecular weight excluding hydrogens is 1930 g/mol. The molecule has 1 fully saturated rings. The third-order valence-electron chi connectivity index (χ3n) is 27.1. The smallest absolute Gasteiger partial charge is 0.303 e. The number of carbonyl (C=O) groups is 20. The molecule has 1 saturated heterocycles. The third kappa shape index (κ3) is 46.3. The number of aliphatic carboxylic acids is 1. The molecule has 43 nitrogen and oxygen atoms in total. The average molecular weight is 2100 g/mol. The van der Waals surface area contributed by atoms with Gasteiger partial charge in [-0.2, -0.15) is 0 Å². The minimum absolute atomic E-state index is 0.0541. The maximum atomic E-state index is 15.7. The largest absolute Gasteiger partial charge is 0.508 e. The molecule has 1 aliphatic rings. The first kappa shape index (κ1) is 129. The van der Waals surface area contributed by atoms with Gasteiger partial charge in [0.2, 0.25) is 58.6 Å². The van der Waals surface area contributed by atoms with Gasteiger partial charge in [0.25, 0.3) is 0 Å². The predicted molar refractivity (Wildman–Crippen MR) is 564 cm³/mol. The summed E-state index contributed by atoms with van der Waals surface area (Å²) in [5.74, 6) is -14.8. The van der Waals surface area contributed by atoms with Crippen molar-refractivity contribution in [3.63, 3.8) is 0 Å². The van der Waals surface area contributed by atoms with Gasteiger partial charge in [-0.3, -0.25) is 107 Å². The zero-order valence-electron chi connectivity index (χ0n) is 89.8. The molecule has 832 valence electrons. The summed E-state index contributed by atoms with van der Waals surface area (Å²) in [6.07, 6.45) is 1.61. The van der Waals surface area contributed by atoms with E-state index in [0.29, 0.717) is 79.0 Å². The van der Waals surface area contributed by atoms with E-state index in [4.69, 9.17) is 11.5 Å². The van der Waals surface area contributed by atoms with Crippen LogP contribution in [0, 0.1) is 11.8 Å². The second-order valence-electron chi connectivity index (χ2n) is 41.0. The topological polar surface area (TPSA) is 674 Å². The minimum Gasteiger partial charge on any atom is -0.508 e. The molecule has 5 rings (SSSR count). The molecule has 1 aromatic heterocycles. The number of hydrazine groups is 3. The standard InChI is InChI=1S/C107H166N20O23/c1-62(2)52-83(118-72(13)129)103(148)120-97(71(12)128)100(145)98(143)82(54-73-30-24-23-25-31-73)126-127-107(15)48-29-22-20-18-16-17-19-21-28-47-106(14,94(139)60-114-67(8)89(134)45-50-111-65(6)87(132)41-40-86(131)64(5)110-49-44-88(133)66(7)112-51-46-90(135)68(9)116-61-117-70(11)102(109)147)121-105(150)84(53-63(3)4)124-122-79(38-42-95(108)140)92(137)57-91(136)69(10)113-59-93(138)81(56-75-58-115-78-33-27-26-32-77(75)78)119-104(149)85(55-74-34-36-76(130)37-35-74)125-123-80(39-43-96(141)142)99(144)101(107)146/h23-27,30-37,58,62-71,79-85,97,110-117,122-128,130H,16-22,28-29,38-57,59-61H2,1-15H3,(H2,108,140)(H2,109,147)(H,118,129)(H,119,149)(H,120,148)(H,121,150)(H,141,142)/t64-,65-,66-,67-,68-,69-,70+,71+,79-,80-,81-,82-,83-,84-,85-,97-,106-,107+/m0/s1. The molecule has 0 spiro atoms. The Labute approximate surface area is 879 Å². The van der Waals surface area contributed by atoms with Crippen molar-refractivity contribution < 1.29 is 111 Å². The van der Waals surface area contributed by atoms with Crippen molar-refractivity contribution in [2.45, 2.75) is 379 Å². The van der Waals surface area contributed by atoms with Gasteiger partial charge in [0.15, 0.2) is 40.5 Å². The highest BCUT2D eigenvalue weighted by Gasteiger charge is 2.45. The highest BCUT2D eigenvalue weighted by Crippen LogP contribution is 2.26. The Bertz CT molecular complexity index is 5150. The van der Waals surface area contributed by atoms with Crippen LogP contribution in [0.1, 0.15) is 268 Å².